The van der Waals surface area contributed by atoms with E-state index in [4.69, 9.17) is 0 Å². The maximum absolute atomic E-state index is 12.1. The minimum Gasteiger partial charge on any atom is -0.387 e. The molecule has 0 spiro atoms. The Balaban J connectivity index is 1.92. The lowest BCUT2D eigenvalue weighted by Gasteiger charge is -2.48. The molecule has 0 aromatic heterocycles. The Morgan fingerprint density at radius 2 is 1.90 bits per heavy atom. The second kappa shape index (κ2) is 6.36. The highest BCUT2D eigenvalue weighted by Crippen LogP contribution is 2.33. The maximum Gasteiger partial charge on any atom is 0.238 e. The summed E-state index contributed by atoms with van der Waals surface area (Å²) in [5.41, 5.74) is 1.20. The molecular weight excluding hydrogens is 400 g/mol. The Morgan fingerprint density at radius 1 is 1.38 bits per heavy atom. The van der Waals surface area contributed by atoms with Crippen molar-refractivity contribution in [1.29, 1.82) is 0 Å². The predicted octanol–water partition coefficient (Wildman–Crippen LogP) is 3.16. The molecular formula is C15H20Br2N2O2. The first-order chi connectivity index (χ1) is 9.71. The summed E-state index contributed by atoms with van der Waals surface area (Å²) in [5.74, 6) is 0.128. The van der Waals surface area contributed by atoms with Gasteiger partial charge in [-0.3, -0.25) is 9.69 Å². The second-order valence-electron chi connectivity index (χ2n) is 6.06. The van der Waals surface area contributed by atoms with Crippen LogP contribution in [0.15, 0.2) is 21.1 Å². The van der Waals surface area contributed by atoms with E-state index in [1.54, 1.807) is 0 Å². The van der Waals surface area contributed by atoms with Crippen molar-refractivity contribution in [3.63, 3.8) is 0 Å². The molecule has 0 bridgehead atoms. The minimum atomic E-state index is -0.648. The molecule has 4 nitrogen and oxygen atoms in total. The zero-order chi connectivity index (χ0) is 15.8. The van der Waals surface area contributed by atoms with Crippen molar-refractivity contribution >= 4 is 43.5 Å². The number of aryl methyl sites for hydroxylation is 1. The van der Waals surface area contributed by atoms with Crippen LogP contribution in [0.3, 0.4) is 0 Å². The Hall–Kier alpha value is -0.430. The van der Waals surface area contributed by atoms with Crippen molar-refractivity contribution in [2.75, 3.05) is 25.0 Å². The van der Waals surface area contributed by atoms with Gasteiger partial charge in [0, 0.05) is 22.0 Å². The number of nitrogens with one attached hydrogen (secondary N) is 1. The van der Waals surface area contributed by atoms with Gasteiger partial charge in [-0.1, -0.05) is 13.8 Å². The van der Waals surface area contributed by atoms with Crippen LogP contribution in [-0.2, 0) is 4.79 Å². The standard InChI is InChI=1S/C15H20Br2N2O2/c1-9(2)15(21)7-19(8-15)6-13(20)18-14-11(16)4-10(3)5-12(14)17/h4-5,9,21H,6-8H2,1-3H3,(H,18,20). The van der Waals surface area contributed by atoms with Crippen molar-refractivity contribution in [3.05, 3.63) is 26.6 Å². The van der Waals surface area contributed by atoms with Crippen LogP contribution in [0.25, 0.3) is 0 Å². The van der Waals surface area contributed by atoms with Crippen LogP contribution < -0.4 is 5.32 Å². The van der Waals surface area contributed by atoms with Gasteiger partial charge >= 0.3 is 0 Å². The largest absolute Gasteiger partial charge is 0.387 e. The van der Waals surface area contributed by atoms with Gasteiger partial charge in [-0.15, -0.1) is 0 Å². The third-order valence-corrected chi connectivity index (χ3v) is 5.14. The molecule has 1 amide bonds. The third kappa shape index (κ3) is 3.86. The van der Waals surface area contributed by atoms with E-state index in [-0.39, 0.29) is 11.8 Å². The molecule has 1 heterocycles. The highest BCUT2D eigenvalue weighted by Gasteiger charge is 2.43. The van der Waals surface area contributed by atoms with Gasteiger partial charge in [0.25, 0.3) is 0 Å². The van der Waals surface area contributed by atoms with Crippen LogP contribution >= 0.6 is 31.9 Å². The molecule has 6 heteroatoms. The fraction of sp³-hybridized carbons (Fsp3) is 0.533. The molecule has 1 aliphatic heterocycles. The molecule has 1 saturated heterocycles. The van der Waals surface area contributed by atoms with E-state index < -0.39 is 5.60 Å². The van der Waals surface area contributed by atoms with E-state index in [1.165, 1.54) is 0 Å². The minimum absolute atomic E-state index is 0.0777. The van der Waals surface area contributed by atoms with Crippen LogP contribution in [-0.4, -0.2) is 41.1 Å². The van der Waals surface area contributed by atoms with Gasteiger partial charge in [0.05, 0.1) is 17.8 Å². The summed E-state index contributed by atoms with van der Waals surface area (Å²) in [6, 6.07) is 3.92. The quantitative estimate of drug-likeness (QED) is 0.787. The molecule has 0 radical (unpaired) electrons. The van der Waals surface area contributed by atoms with Crippen molar-refractivity contribution in [2.24, 2.45) is 5.92 Å². The van der Waals surface area contributed by atoms with Gasteiger partial charge in [-0.2, -0.15) is 0 Å². The van der Waals surface area contributed by atoms with Crippen molar-refractivity contribution in [2.45, 2.75) is 26.4 Å². The molecule has 0 aliphatic carbocycles. The fourth-order valence-electron chi connectivity index (χ4n) is 2.41. The molecule has 1 aromatic rings. The number of hydrogen-bond donors (Lipinski definition) is 2. The molecule has 2 rings (SSSR count). The molecule has 1 aromatic carbocycles. The Bertz CT molecular complexity index is 532. The first-order valence-corrected chi connectivity index (χ1v) is 8.50. The number of benzene rings is 1. The molecule has 1 aliphatic rings. The zero-order valence-electron chi connectivity index (χ0n) is 12.4. The summed E-state index contributed by atoms with van der Waals surface area (Å²) < 4.78 is 1.70. The lowest BCUT2D eigenvalue weighted by molar-refractivity contribution is -0.139. The molecule has 0 saturated carbocycles. The summed E-state index contributed by atoms with van der Waals surface area (Å²) >= 11 is 6.93. The van der Waals surface area contributed by atoms with Crippen molar-refractivity contribution in [3.8, 4) is 0 Å². The van der Waals surface area contributed by atoms with Crippen molar-refractivity contribution in [1.82, 2.24) is 4.90 Å². The number of carbonyl (C=O) groups excluding carboxylic acids is 1. The second-order valence-corrected chi connectivity index (χ2v) is 7.76. The van der Waals surface area contributed by atoms with E-state index >= 15 is 0 Å². The molecule has 0 unspecified atom stereocenters. The van der Waals surface area contributed by atoms with Gasteiger partial charge in [-0.25, -0.2) is 0 Å². The number of rotatable bonds is 4. The number of carbonyl (C=O) groups is 1. The predicted molar refractivity (Wildman–Crippen MR) is 91.4 cm³/mol. The van der Waals surface area contributed by atoms with Crippen LogP contribution in [0.4, 0.5) is 5.69 Å². The Kier molecular flexibility index (Phi) is 5.13. The van der Waals surface area contributed by atoms with Gasteiger partial charge < -0.3 is 10.4 Å². The van der Waals surface area contributed by atoms with Gasteiger partial charge in [0.2, 0.25) is 5.91 Å². The maximum atomic E-state index is 12.1. The smallest absolute Gasteiger partial charge is 0.238 e. The Labute approximate surface area is 142 Å². The molecule has 1 fully saturated rings. The highest BCUT2D eigenvalue weighted by atomic mass is 79.9. The molecule has 0 atom stereocenters. The summed E-state index contributed by atoms with van der Waals surface area (Å²) in [7, 11) is 0. The highest BCUT2D eigenvalue weighted by molar-refractivity contribution is 9.11. The molecule has 21 heavy (non-hydrogen) atoms. The molecule has 116 valence electrons. The number of β-amino-alcohol motifs (C(OH)–C–C–N with tert-alkyl or cyclic N) is 1. The van der Waals surface area contributed by atoms with Crippen LogP contribution in [0.1, 0.15) is 19.4 Å². The topological polar surface area (TPSA) is 52.6 Å². The first-order valence-electron chi connectivity index (χ1n) is 6.91. The monoisotopic (exact) mass is 418 g/mol. The number of nitrogens with zero attached hydrogens (tertiary/aromatic N) is 1. The summed E-state index contributed by atoms with van der Waals surface area (Å²) in [5, 5.41) is 13.1. The van der Waals surface area contributed by atoms with Crippen LogP contribution in [0, 0.1) is 12.8 Å². The number of hydrogen-bond acceptors (Lipinski definition) is 3. The summed E-state index contributed by atoms with van der Waals surface area (Å²) in [6.45, 7) is 7.38. The Morgan fingerprint density at radius 3 is 2.38 bits per heavy atom. The van der Waals surface area contributed by atoms with Gasteiger partial charge in [0.15, 0.2) is 0 Å². The van der Waals surface area contributed by atoms with E-state index in [9.17, 15) is 9.90 Å². The SMILES string of the molecule is Cc1cc(Br)c(NC(=O)CN2CC(O)(C(C)C)C2)c(Br)c1. The van der Waals surface area contributed by atoms with Gasteiger partial charge in [-0.05, 0) is 62.4 Å². The number of aliphatic hydroxyl groups is 1. The average molecular weight is 420 g/mol. The number of likely N-dealkylation sites (tertiary alicyclic amines) is 1. The zero-order valence-corrected chi connectivity index (χ0v) is 15.6. The number of halogens is 2. The van der Waals surface area contributed by atoms with E-state index in [2.05, 4.69) is 37.2 Å². The number of amides is 1. The van der Waals surface area contributed by atoms with E-state index in [0.717, 1.165) is 20.2 Å². The van der Waals surface area contributed by atoms with E-state index in [0.29, 0.717) is 19.6 Å². The lowest BCUT2D eigenvalue weighted by atomic mass is 9.83. The van der Waals surface area contributed by atoms with Crippen molar-refractivity contribution < 1.29 is 9.90 Å². The lowest BCUT2D eigenvalue weighted by Crippen LogP contribution is -2.65. The summed E-state index contributed by atoms with van der Waals surface area (Å²) in [4.78, 5) is 14.1. The first kappa shape index (κ1) is 16.9. The third-order valence-electron chi connectivity index (χ3n) is 3.89. The fourth-order valence-corrected chi connectivity index (χ4v) is 4.02. The average Bonchev–Trinajstić information content (AvgIpc) is 2.31. The number of anilines is 1. The van der Waals surface area contributed by atoms with E-state index in [1.807, 2.05) is 37.8 Å². The van der Waals surface area contributed by atoms with Crippen LogP contribution in [0.2, 0.25) is 0 Å². The molecule has 2 N–H and O–H groups in total. The van der Waals surface area contributed by atoms with Crippen LogP contribution in [0.5, 0.6) is 0 Å². The normalized spacial score (nSPS) is 17.7. The van der Waals surface area contributed by atoms with Gasteiger partial charge in [0.1, 0.15) is 0 Å². The summed E-state index contributed by atoms with van der Waals surface area (Å²) in [6.07, 6.45) is 0.